The summed E-state index contributed by atoms with van der Waals surface area (Å²) in [6.07, 6.45) is 0. The lowest BCUT2D eigenvalue weighted by Crippen LogP contribution is -2.20. The fraction of sp³-hybridized carbons (Fsp3) is 0.0667. The number of nitrogens with zero attached hydrogens (tertiary/aromatic N) is 1. The molecule has 0 fully saturated rings. The van der Waals surface area contributed by atoms with Crippen molar-refractivity contribution in [2.24, 2.45) is 0 Å². The van der Waals surface area contributed by atoms with Crippen LogP contribution in [0.5, 0.6) is 5.75 Å². The number of ether oxygens (including phenoxy) is 1. The van der Waals surface area contributed by atoms with E-state index in [-0.39, 0.29) is 22.4 Å². The van der Waals surface area contributed by atoms with E-state index in [9.17, 15) is 9.18 Å². The number of carbonyl (C=O) groups is 1. The van der Waals surface area contributed by atoms with Crippen LogP contribution in [0.4, 0.5) is 10.1 Å². The monoisotopic (exact) mass is 338 g/mol. The third kappa shape index (κ3) is 4.10. The maximum atomic E-state index is 13.0. The van der Waals surface area contributed by atoms with Gasteiger partial charge in [0.1, 0.15) is 11.6 Å². The Hall–Kier alpha value is -2.29. The van der Waals surface area contributed by atoms with E-state index >= 15 is 0 Å². The Morgan fingerprint density at radius 2 is 2.00 bits per heavy atom. The zero-order valence-corrected chi connectivity index (χ0v) is 12.6. The Bertz CT molecular complexity index is 760. The van der Waals surface area contributed by atoms with Crippen molar-refractivity contribution >= 4 is 34.8 Å². The number of benzene rings is 2. The molecular formula is C15H9Cl2FN2O2. The molecule has 0 aliphatic rings. The van der Waals surface area contributed by atoms with Gasteiger partial charge in [-0.2, -0.15) is 5.26 Å². The van der Waals surface area contributed by atoms with Gasteiger partial charge in [0, 0.05) is 5.69 Å². The first kappa shape index (κ1) is 16.1. The molecule has 0 heterocycles. The summed E-state index contributed by atoms with van der Waals surface area (Å²) in [5, 5.41) is 11.4. The van der Waals surface area contributed by atoms with Crippen molar-refractivity contribution < 1.29 is 13.9 Å². The van der Waals surface area contributed by atoms with Crippen molar-refractivity contribution in [3.05, 3.63) is 57.8 Å². The van der Waals surface area contributed by atoms with Crippen molar-refractivity contribution in [2.75, 3.05) is 11.9 Å². The summed E-state index contributed by atoms with van der Waals surface area (Å²) in [6, 6.07) is 10.2. The standard InChI is InChI=1S/C15H9Cl2FN2O2/c16-11-6-10(2-3-13(11)18)20-15(21)8-22-14-4-1-9(7-19)5-12(14)17/h1-6H,8H2,(H,20,21). The Labute approximate surface area is 136 Å². The first-order valence-corrected chi connectivity index (χ1v) is 6.82. The molecule has 0 saturated carbocycles. The van der Waals surface area contributed by atoms with Crippen molar-refractivity contribution in [3.63, 3.8) is 0 Å². The number of hydrogen-bond acceptors (Lipinski definition) is 3. The van der Waals surface area contributed by atoms with E-state index in [1.54, 1.807) is 0 Å². The summed E-state index contributed by atoms with van der Waals surface area (Å²) >= 11 is 11.5. The molecule has 0 radical (unpaired) electrons. The number of nitrogens with one attached hydrogen (secondary N) is 1. The van der Waals surface area contributed by atoms with Crippen LogP contribution in [0.3, 0.4) is 0 Å². The largest absolute Gasteiger partial charge is 0.482 e. The molecule has 7 heteroatoms. The number of hydrogen-bond donors (Lipinski definition) is 1. The van der Waals surface area contributed by atoms with Crippen LogP contribution in [0.1, 0.15) is 5.56 Å². The second-order valence-corrected chi connectivity index (χ2v) is 5.04. The van der Waals surface area contributed by atoms with Crippen LogP contribution in [0.2, 0.25) is 10.0 Å². The van der Waals surface area contributed by atoms with Gasteiger partial charge < -0.3 is 10.1 Å². The lowest BCUT2D eigenvalue weighted by atomic mass is 10.2. The first-order chi connectivity index (χ1) is 10.5. The van der Waals surface area contributed by atoms with Crippen LogP contribution < -0.4 is 10.1 Å². The van der Waals surface area contributed by atoms with Gasteiger partial charge in [0.25, 0.3) is 5.91 Å². The van der Waals surface area contributed by atoms with Gasteiger partial charge in [0.2, 0.25) is 0 Å². The zero-order valence-electron chi connectivity index (χ0n) is 11.1. The Kier molecular flexibility index (Phi) is 5.21. The van der Waals surface area contributed by atoms with Gasteiger partial charge in [-0.05, 0) is 36.4 Å². The summed E-state index contributed by atoms with van der Waals surface area (Å²) < 4.78 is 18.3. The maximum absolute atomic E-state index is 13.0. The topological polar surface area (TPSA) is 62.1 Å². The molecule has 22 heavy (non-hydrogen) atoms. The lowest BCUT2D eigenvalue weighted by Gasteiger charge is -2.09. The van der Waals surface area contributed by atoms with E-state index in [0.717, 1.165) is 6.07 Å². The van der Waals surface area contributed by atoms with Gasteiger partial charge in [0.15, 0.2) is 6.61 Å². The normalized spacial score (nSPS) is 9.91. The molecule has 0 bridgehead atoms. The second-order valence-electron chi connectivity index (χ2n) is 4.22. The molecule has 0 aliphatic carbocycles. The molecule has 0 saturated heterocycles. The molecule has 0 spiro atoms. The molecule has 2 rings (SSSR count). The van der Waals surface area contributed by atoms with E-state index in [2.05, 4.69) is 5.32 Å². The third-order valence-electron chi connectivity index (χ3n) is 2.62. The summed E-state index contributed by atoms with van der Waals surface area (Å²) in [6.45, 7) is -0.291. The number of anilines is 1. The molecule has 0 unspecified atom stereocenters. The number of halogens is 3. The van der Waals surface area contributed by atoms with Crippen LogP contribution >= 0.6 is 23.2 Å². The van der Waals surface area contributed by atoms with E-state index < -0.39 is 11.7 Å². The fourth-order valence-corrected chi connectivity index (χ4v) is 2.02. The highest BCUT2D eigenvalue weighted by Gasteiger charge is 2.08. The van der Waals surface area contributed by atoms with Crippen LogP contribution in [-0.2, 0) is 4.79 Å². The fourth-order valence-electron chi connectivity index (χ4n) is 1.60. The van der Waals surface area contributed by atoms with Gasteiger partial charge >= 0.3 is 0 Å². The van der Waals surface area contributed by atoms with Crippen LogP contribution in [0, 0.1) is 17.1 Å². The number of nitriles is 1. The highest BCUT2D eigenvalue weighted by molar-refractivity contribution is 6.32. The minimum Gasteiger partial charge on any atom is -0.482 e. The van der Waals surface area contributed by atoms with Crippen molar-refractivity contribution in [2.45, 2.75) is 0 Å². The number of carbonyl (C=O) groups excluding carboxylic acids is 1. The van der Waals surface area contributed by atoms with E-state index in [4.69, 9.17) is 33.2 Å². The molecule has 2 aromatic carbocycles. The van der Waals surface area contributed by atoms with Gasteiger partial charge in [-0.15, -0.1) is 0 Å². The average molecular weight is 339 g/mol. The number of amides is 1. The SMILES string of the molecule is N#Cc1ccc(OCC(=O)Nc2ccc(F)c(Cl)c2)c(Cl)c1. The van der Waals surface area contributed by atoms with E-state index in [1.807, 2.05) is 6.07 Å². The Morgan fingerprint density at radius 3 is 2.64 bits per heavy atom. The van der Waals surface area contributed by atoms with Crippen molar-refractivity contribution in [3.8, 4) is 11.8 Å². The Morgan fingerprint density at radius 1 is 1.23 bits per heavy atom. The average Bonchev–Trinajstić information content (AvgIpc) is 2.49. The quantitative estimate of drug-likeness (QED) is 0.915. The highest BCUT2D eigenvalue weighted by atomic mass is 35.5. The molecule has 0 aromatic heterocycles. The minimum atomic E-state index is -0.569. The molecule has 112 valence electrons. The van der Waals surface area contributed by atoms with Crippen molar-refractivity contribution in [1.29, 1.82) is 5.26 Å². The maximum Gasteiger partial charge on any atom is 0.262 e. The first-order valence-electron chi connectivity index (χ1n) is 6.07. The van der Waals surface area contributed by atoms with E-state index in [1.165, 1.54) is 30.3 Å². The summed E-state index contributed by atoms with van der Waals surface area (Å²) in [7, 11) is 0. The molecule has 0 atom stereocenters. The number of rotatable bonds is 4. The van der Waals surface area contributed by atoms with Gasteiger partial charge in [-0.3, -0.25) is 4.79 Å². The smallest absolute Gasteiger partial charge is 0.262 e. The predicted molar refractivity (Wildman–Crippen MR) is 81.7 cm³/mol. The third-order valence-corrected chi connectivity index (χ3v) is 3.21. The second kappa shape index (κ2) is 7.12. The van der Waals surface area contributed by atoms with Crippen molar-refractivity contribution in [1.82, 2.24) is 0 Å². The van der Waals surface area contributed by atoms with E-state index in [0.29, 0.717) is 11.3 Å². The Balaban J connectivity index is 1.95. The van der Waals surface area contributed by atoms with Gasteiger partial charge in [0.05, 0.1) is 21.7 Å². The lowest BCUT2D eigenvalue weighted by molar-refractivity contribution is -0.118. The highest BCUT2D eigenvalue weighted by Crippen LogP contribution is 2.25. The molecular weight excluding hydrogens is 330 g/mol. The zero-order chi connectivity index (χ0) is 16.1. The van der Waals surface area contributed by atoms with Crippen LogP contribution in [0.15, 0.2) is 36.4 Å². The van der Waals surface area contributed by atoms with Gasteiger partial charge in [-0.25, -0.2) is 4.39 Å². The minimum absolute atomic E-state index is 0.0890. The molecule has 1 amide bonds. The summed E-state index contributed by atoms with van der Waals surface area (Å²) in [5.74, 6) is -0.740. The predicted octanol–water partition coefficient (Wildman–Crippen LogP) is 4.02. The summed E-state index contributed by atoms with van der Waals surface area (Å²) in [5.41, 5.74) is 0.744. The molecule has 0 aliphatic heterocycles. The molecule has 1 N–H and O–H groups in total. The summed E-state index contributed by atoms with van der Waals surface area (Å²) in [4.78, 5) is 11.7. The van der Waals surface area contributed by atoms with Crippen LogP contribution in [0.25, 0.3) is 0 Å². The van der Waals surface area contributed by atoms with Gasteiger partial charge in [-0.1, -0.05) is 23.2 Å². The van der Waals surface area contributed by atoms with Crippen LogP contribution in [-0.4, -0.2) is 12.5 Å². The molecule has 4 nitrogen and oxygen atoms in total. The molecule has 2 aromatic rings.